The molecule has 0 spiro atoms. The van der Waals surface area contributed by atoms with Gasteiger partial charge in [-0.3, -0.25) is 4.79 Å². The van der Waals surface area contributed by atoms with Crippen molar-refractivity contribution in [1.29, 1.82) is 0 Å². The van der Waals surface area contributed by atoms with Crippen LogP contribution in [-0.2, 0) is 16.6 Å². The summed E-state index contributed by atoms with van der Waals surface area (Å²) in [5, 5.41) is 19.6. The summed E-state index contributed by atoms with van der Waals surface area (Å²) in [5.74, 6) is -1.42. The third-order valence-corrected chi connectivity index (χ3v) is 6.86. The van der Waals surface area contributed by atoms with Crippen molar-refractivity contribution in [1.82, 2.24) is 0 Å². The fraction of sp³-hybridized carbons (Fsp3) is 0.619. The summed E-state index contributed by atoms with van der Waals surface area (Å²) in [4.78, 5) is 23.8. The molecule has 2 aliphatic rings. The van der Waals surface area contributed by atoms with E-state index in [1.807, 2.05) is 26.8 Å². The molecule has 1 fully saturated rings. The minimum atomic E-state index is -0.894. The molecule has 0 saturated heterocycles. The summed E-state index contributed by atoms with van der Waals surface area (Å²) in [6.07, 6.45) is 4.18. The molecule has 4 heteroatoms. The van der Waals surface area contributed by atoms with Crippen molar-refractivity contribution in [2.45, 2.75) is 71.1 Å². The second-order valence-corrected chi connectivity index (χ2v) is 8.64. The SMILES string of the molecule is CC(C)c1cc2c(cc1C(=O)O)[C@@]1(C)CCC[C@@](C)(C(=O)O)C1CC2. The van der Waals surface area contributed by atoms with E-state index in [9.17, 15) is 19.8 Å². The van der Waals surface area contributed by atoms with Crippen LogP contribution >= 0.6 is 0 Å². The fourth-order valence-electron chi connectivity index (χ4n) is 5.45. The quantitative estimate of drug-likeness (QED) is 0.840. The monoisotopic (exact) mass is 344 g/mol. The Labute approximate surface area is 149 Å². The summed E-state index contributed by atoms with van der Waals surface area (Å²) in [7, 11) is 0. The Balaban J connectivity index is 2.19. The van der Waals surface area contributed by atoms with Gasteiger partial charge >= 0.3 is 11.9 Å². The number of hydrogen-bond donors (Lipinski definition) is 2. The zero-order valence-corrected chi connectivity index (χ0v) is 15.6. The smallest absolute Gasteiger partial charge is 0.335 e. The van der Waals surface area contributed by atoms with E-state index in [4.69, 9.17) is 0 Å². The molecule has 2 aliphatic carbocycles. The van der Waals surface area contributed by atoms with Gasteiger partial charge in [0.05, 0.1) is 11.0 Å². The van der Waals surface area contributed by atoms with Crippen LogP contribution in [0.2, 0.25) is 0 Å². The summed E-state index contributed by atoms with van der Waals surface area (Å²) >= 11 is 0. The van der Waals surface area contributed by atoms with Crippen molar-refractivity contribution >= 4 is 11.9 Å². The zero-order valence-electron chi connectivity index (χ0n) is 15.6. The number of benzene rings is 1. The van der Waals surface area contributed by atoms with Crippen molar-refractivity contribution in [2.24, 2.45) is 11.3 Å². The van der Waals surface area contributed by atoms with Gasteiger partial charge in [0, 0.05) is 0 Å². The number of carboxylic acid groups (broad SMARTS) is 2. The highest BCUT2D eigenvalue weighted by molar-refractivity contribution is 5.90. The van der Waals surface area contributed by atoms with E-state index in [2.05, 4.69) is 13.0 Å². The maximum atomic E-state index is 12.0. The first-order valence-electron chi connectivity index (χ1n) is 9.25. The molecule has 0 heterocycles. The van der Waals surface area contributed by atoms with Gasteiger partial charge in [-0.15, -0.1) is 0 Å². The fourth-order valence-corrected chi connectivity index (χ4v) is 5.45. The molecule has 25 heavy (non-hydrogen) atoms. The molecule has 0 aliphatic heterocycles. The molecule has 0 aromatic heterocycles. The Morgan fingerprint density at radius 1 is 1.16 bits per heavy atom. The molecule has 0 amide bonds. The third-order valence-electron chi connectivity index (χ3n) is 6.86. The average Bonchev–Trinajstić information content (AvgIpc) is 2.53. The van der Waals surface area contributed by atoms with Crippen LogP contribution in [-0.4, -0.2) is 22.2 Å². The molecular formula is C21H28O4. The Morgan fingerprint density at radius 3 is 2.40 bits per heavy atom. The van der Waals surface area contributed by atoms with Gasteiger partial charge in [0.15, 0.2) is 0 Å². The lowest BCUT2D eigenvalue weighted by atomic mass is 9.49. The van der Waals surface area contributed by atoms with E-state index in [0.717, 1.165) is 36.8 Å². The molecule has 3 atom stereocenters. The zero-order chi connectivity index (χ0) is 18.6. The van der Waals surface area contributed by atoms with Crippen molar-refractivity contribution < 1.29 is 19.8 Å². The minimum absolute atomic E-state index is 0.0466. The highest BCUT2D eigenvalue weighted by Gasteiger charge is 2.55. The molecule has 4 nitrogen and oxygen atoms in total. The molecule has 0 radical (unpaired) electrons. The van der Waals surface area contributed by atoms with Crippen LogP contribution in [0.3, 0.4) is 0 Å². The summed E-state index contributed by atoms with van der Waals surface area (Å²) in [6, 6.07) is 3.92. The van der Waals surface area contributed by atoms with Crippen LogP contribution < -0.4 is 0 Å². The lowest BCUT2D eigenvalue weighted by Crippen LogP contribution is -2.52. The van der Waals surface area contributed by atoms with Gasteiger partial charge in [0.2, 0.25) is 0 Å². The normalized spacial score (nSPS) is 31.3. The van der Waals surface area contributed by atoms with Gasteiger partial charge in [0.25, 0.3) is 0 Å². The van der Waals surface area contributed by atoms with Crippen molar-refractivity contribution in [2.75, 3.05) is 0 Å². The third kappa shape index (κ3) is 2.57. The first-order valence-corrected chi connectivity index (χ1v) is 9.25. The van der Waals surface area contributed by atoms with E-state index < -0.39 is 17.4 Å². The minimum Gasteiger partial charge on any atom is -0.481 e. The predicted molar refractivity (Wildman–Crippen MR) is 96.2 cm³/mol. The summed E-state index contributed by atoms with van der Waals surface area (Å²) in [6.45, 7) is 8.06. The highest BCUT2D eigenvalue weighted by Crippen LogP contribution is 2.57. The predicted octanol–water partition coefficient (Wildman–Crippen LogP) is 4.60. The average molecular weight is 344 g/mol. The van der Waals surface area contributed by atoms with Gasteiger partial charge in [-0.25, -0.2) is 4.79 Å². The van der Waals surface area contributed by atoms with E-state index in [0.29, 0.717) is 12.0 Å². The molecular weight excluding hydrogens is 316 g/mol. The second kappa shape index (κ2) is 5.86. The van der Waals surface area contributed by atoms with Crippen LogP contribution in [0, 0.1) is 11.3 Å². The molecule has 1 unspecified atom stereocenters. The number of carboxylic acids is 2. The Hall–Kier alpha value is -1.84. The van der Waals surface area contributed by atoms with Crippen LogP contribution in [0.25, 0.3) is 0 Å². The maximum absolute atomic E-state index is 12.0. The van der Waals surface area contributed by atoms with Gasteiger partial charge in [-0.1, -0.05) is 33.3 Å². The molecule has 0 bridgehead atoms. The Kier molecular flexibility index (Phi) is 4.21. The van der Waals surface area contributed by atoms with E-state index in [1.54, 1.807) is 0 Å². The number of fused-ring (bicyclic) bond motifs is 3. The standard InChI is InChI=1S/C21H28O4/c1-12(2)14-10-13-6-7-17-20(3,16(13)11-15(14)18(22)23)8-5-9-21(17,4)19(24)25/h10-12,17H,5-9H2,1-4H3,(H,22,23)(H,24,25)/t17?,20-,21-/m1/s1. The number of aromatic carboxylic acids is 1. The van der Waals surface area contributed by atoms with Gasteiger partial charge in [-0.05, 0) is 72.6 Å². The number of aryl methyl sites for hydroxylation is 1. The van der Waals surface area contributed by atoms with Crippen LogP contribution in [0.1, 0.15) is 86.3 Å². The second-order valence-electron chi connectivity index (χ2n) is 8.64. The largest absolute Gasteiger partial charge is 0.481 e. The number of rotatable bonds is 3. The Bertz CT molecular complexity index is 736. The Morgan fingerprint density at radius 2 is 1.84 bits per heavy atom. The molecule has 136 valence electrons. The van der Waals surface area contributed by atoms with Gasteiger partial charge < -0.3 is 10.2 Å². The summed E-state index contributed by atoms with van der Waals surface area (Å²) < 4.78 is 0. The molecule has 1 saturated carbocycles. The molecule has 1 aromatic rings. The lowest BCUT2D eigenvalue weighted by molar-refractivity contribution is -0.157. The van der Waals surface area contributed by atoms with Crippen molar-refractivity contribution in [3.8, 4) is 0 Å². The lowest BCUT2D eigenvalue weighted by Gasteiger charge is -2.53. The van der Waals surface area contributed by atoms with Crippen molar-refractivity contribution in [3.05, 3.63) is 34.4 Å². The van der Waals surface area contributed by atoms with Gasteiger partial charge in [0.1, 0.15) is 0 Å². The van der Waals surface area contributed by atoms with Crippen LogP contribution in [0.15, 0.2) is 12.1 Å². The first-order chi connectivity index (χ1) is 11.6. The number of hydrogen-bond acceptors (Lipinski definition) is 2. The molecule has 2 N–H and O–H groups in total. The maximum Gasteiger partial charge on any atom is 0.335 e. The molecule has 1 aromatic carbocycles. The highest BCUT2D eigenvalue weighted by atomic mass is 16.4. The van der Waals surface area contributed by atoms with E-state index in [1.165, 1.54) is 5.56 Å². The first kappa shape index (κ1) is 18.0. The number of aliphatic carboxylic acids is 1. The van der Waals surface area contributed by atoms with Crippen molar-refractivity contribution in [3.63, 3.8) is 0 Å². The van der Waals surface area contributed by atoms with Crippen LogP contribution in [0.4, 0.5) is 0 Å². The number of carbonyl (C=O) groups is 2. The molecule has 3 rings (SSSR count). The van der Waals surface area contributed by atoms with E-state index in [-0.39, 0.29) is 17.3 Å². The topological polar surface area (TPSA) is 74.6 Å². The van der Waals surface area contributed by atoms with E-state index >= 15 is 0 Å². The summed E-state index contributed by atoms with van der Waals surface area (Å²) in [5.41, 5.74) is 2.53. The van der Waals surface area contributed by atoms with Crippen LogP contribution in [0.5, 0.6) is 0 Å². The van der Waals surface area contributed by atoms with Gasteiger partial charge in [-0.2, -0.15) is 0 Å².